The summed E-state index contributed by atoms with van der Waals surface area (Å²) in [6.45, 7) is 0. The van der Waals surface area contributed by atoms with E-state index in [1.807, 2.05) is 44.4 Å². The fourth-order valence-electron chi connectivity index (χ4n) is 2.35. The van der Waals surface area contributed by atoms with E-state index >= 15 is 0 Å². The number of carbonyl (C=O) groups is 1. The van der Waals surface area contributed by atoms with Crippen LogP contribution < -0.4 is 4.90 Å². The van der Waals surface area contributed by atoms with Gasteiger partial charge >= 0.3 is 0 Å². The summed E-state index contributed by atoms with van der Waals surface area (Å²) in [4.78, 5) is 15.7. The number of hydrogen-bond donors (Lipinski definition) is 0. The van der Waals surface area contributed by atoms with Crippen LogP contribution in [0.3, 0.4) is 0 Å². The summed E-state index contributed by atoms with van der Waals surface area (Å²) >= 11 is 1.73. The molecular weight excluding hydrogens is 278 g/mol. The highest BCUT2D eigenvalue weighted by Gasteiger charge is 2.21. The molecule has 0 atom stereocenters. The maximum atomic E-state index is 12.5. The third kappa shape index (κ3) is 2.88. The van der Waals surface area contributed by atoms with Crippen LogP contribution in [-0.4, -0.2) is 25.6 Å². The number of carbonyl (C=O) groups excluding carboxylic acids is 1. The second-order valence-electron chi connectivity index (χ2n) is 5.27. The van der Waals surface area contributed by atoms with Gasteiger partial charge in [0.15, 0.2) is 5.78 Å². The van der Waals surface area contributed by atoms with Gasteiger partial charge in [-0.15, -0.1) is 11.8 Å². The minimum absolute atomic E-state index is 0.154. The smallest absolute Gasteiger partial charge is 0.191 e. The SMILES string of the molecule is CN(C)c1ccc(C=C2CSc3ccccc3C2=O)cc1. The van der Waals surface area contributed by atoms with Crippen LogP contribution in [0.25, 0.3) is 6.08 Å². The van der Waals surface area contributed by atoms with Crippen LogP contribution in [0.2, 0.25) is 0 Å². The molecule has 0 saturated carbocycles. The van der Waals surface area contributed by atoms with Crippen molar-refractivity contribution in [1.82, 2.24) is 0 Å². The zero-order chi connectivity index (χ0) is 14.8. The van der Waals surface area contributed by atoms with Crippen LogP contribution in [0, 0.1) is 0 Å². The molecule has 3 rings (SSSR count). The summed E-state index contributed by atoms with van der Waals surface area (Å²) in [5.41, 5.74) is 3.93. The van der Waals surface area contributed by atoms with Crippen molar-refractivity contribution in [3.05, 3.63) is 65.2 Å². The Morgan fingerprint density at radius 3 is 2.48 bits per heavy atom. The van der Waals surface area contributed by atoms with Crippen molar-refractivity contribution in [2.45, 2.75) is 4.90 Å². The first-order valence-electron chi connectivity index (χ1n) is 6.89. The molecule has 2 aromatic carbocycles. The molecular formula is C18H17NOS. The minimum Gasteiger partial charge on any atom is -0.378 e. The van der Waals surface area contributed by atoms with E-state index in [0.717, 1.165) is 33.0 Å². The second-order valence-corrected chi connectivity index (χ2v) is 6.29. The van der Waals surface area contributed by atoms with E-state index in [2.05, 4.69) is 29.2 Å². The monoisotopic (exact) mass is 295 g/mol. The Kier molecular flexibility index (Phi) is 3.84. The summed E-state index contributed by atoms with van der Waals surface area (Å²) < 4.78 is 0. The molecule has 0 aromatic heterocycles. The standard InChI is InChI=1S/C18H17NOS/c1-19(2)15-9-7-13(8-10-15)11-14-12-21-17-6-4-3-5-16(17)18(14)20/h3-11H,12H2,1-2H3. The Hall–Kier alpha value is -2.00. The molecule has 1 aliphatic heterocycles. The van der Waals surface area contributed by atoms with Crippen LogP contribution in [0.1, 0.15) is 15.9 Å². The lowest BCUT2D eigenvalue weighted by atomic mass is 10.0. The third-order valence-electron chi connectivity index (χ3n) is 3.56. The van der Waals surface area contributed by atoms with E-state index in [0.29, 0.717) is 0 Å². The first-order chi connectivity index (χ1) is 10.1. The molecule has 0 N–H and O–H groups in total. The summed E-state index contributed by atoms with van der Waals surface area (Å²) in [5, 5.41) is 0. The van der Waals surface area contributed by atoms with Gasteiger partial charge in [-0.25, -0.2) is 0 Å². The topological polar surface area (TPSA) is 20.3 Å². The van der Waals surface area contributed by atoms with Gasteiger partial charge in [0, 0.05) is 41.6 Å². The predicted octanol–water partition coefficient (Wildman–Crippen LogP) is 4.12. The van der Waals surface area contributed by atoms with Gasteiger partial charge in [-0.3, -0.25) is 4.79 Å². The second kappa shape index (κ2) is 5.78. The Labute approximate surface area is 129 Å². The third-order valence-corrected chi connectivity index (χ3v) is 4.68. The molecule has 0 aliphatic carbocycles. The molecule has 1 heterocycles. The quantitative estimate of drug-likeness (QED) is 0.777. The number of nitrogens with zero attached hydrogens (tertiary/aromatic N) is 1. The lowest BCUT2D eigenvalue weighted by Gasteiger charge is -2.17. The number of Topliss-reactive ketones (excluding diaryl/α,β-unsaturated/α-hetero) is 1. The molecule has 0 saturated heterocycles. The van der Waals surface area contributed by atoms with Crippen molar-refractivity contribution in [2.75, 3.05) is 24.7 Å². The number of ketones is 1. The Balaban J connectivity index is 1.89. The van der Waals surface area contributed by atoms with Gasteiger partial charge in [0.05, 0.1) is 0 Å². The highest BCUT2D eigenvalue weighted by molar-refractivity contribution is 7.99. The van der Waals surface area contributed by atoms with Crippen molar-refractivity contribution < 1.29 is 4.79 Å². The van der Waals surface area contributed by atoms with E-state index in [1.165, 1.54) is 0 Å². The van der Waals surface area contributed by atoms with Crippen LogP contribution in [0.5, 0.6) is 0 Å². The van der Waals surface area contributed by atoms with Gasteiger partial charge in [-0.1, -0.05) is 24.3 Å². The molecule has 0 spiro atoms. The highest BCUT2D eigenvalue weighted by atomic mass is 32.2. The number of fused-ring (bicyclic) bond motifs is 1. The predicted molar refractivity (Wildman–Crippen MR) is 90.2 cm³/mol. The van der Waals surface area contributed by atoms with Gasteiger partial charge in [0.1, 0.15) is 0 Å². The first kappa shape index (κ1) is 14.0. The molecule has 3 heteroatoms. The summed E-state index contributed by atoms with van der Waals surface area (Å²) in [7, 11) is 4.04. The number of rotatable bonds is 2. The maximum Gasteiger partial charge on any atom is 0.191 e. The van der Waals surface area contributed by atoms with Gasteiger partial charge in [0.25, 0.3) is 0 Å². The number of thioether (sulfide) groups is 1. The normalized spacial score (nSPS) is 15.9. The zero-order valence-electron chi connectivity index (χ0n) is 12.2. The van der Waals surface area contributed by atoms with Crippen LogP contribution >= 0.6 is 11.8 Å². The molecule has 2 nitrogen and oxygen atoms in total. The summed E-state index contributed by atoms with van der Waals surface area (Å²) in [5.74, 6) is 0.895. The fraction of sp³-hybridized carbons (Fsp3) is 0.167. The Morgan fingerprint density at radius 2 is 1.76 bits per heavy atom. The summed E-state index contributed by atoms with van der Waals surface area (Å²) in [6, 6.07) is 16.1. The van der Waals surface area contributed by atoms with Crippen molar-refractivity contribution in [3.63, 3.8) is 0 Å². The Bertz CT molecular complexity index is 701. The molecule has 21 heavy (non-hydrogen) atoms. The van der Waals surface area contributed by atoms with Crippen LogP contribution in [0.15, 0.2) is 59.0 Å². The van der Waals surface area contributed by atoms with Crippen LogP contribution in [0.4, 0.5) is 5.69 Å². The van der Waals surface area contributed by atoms with Gasteiger partial charge in [0.2, 0.25) is 0 Å². The van der Waals surface area contributed by atoms with Crippen molar-refractivity contribution >= 4 is 29.3 Å². The average Bonchev–Trinajstić information content (AvgIpc) is 2.51. The maximum absolute atomic E-state index is 12.5. The molecule has 1 aliphatic rings. The minimum atomic E-state index is 0.154. The average molecular weight is 295 g/mol. The van der Waals surface area contributed by atoms with Gasteiger partial charge in [-0.2, -0.15) is 0 Å². The lowest BCUT2D eigenvalue weighted by molar-refractivity contribution is 0.103. The zero-order valence-corrected chi connectivity index (χ0v) is 13.0. The molecule has 0 unspecified atom stereocenters. The van der Waals surface area contributed by atoms with Crippen molar-refractivity contribution in [3.8, 4) is 0 Å². The molecule has 106 valence electrons. The van der Waals surface area contributed by atoms with E-state index in [4.69, 9.17) is 0 Å². The number of hydrogen-bond acceptors (Lipinski definition) is 3. The highest BCUT2D eigenvalue weighted by Crippen LogP contribution is 2.33. The number of benzene rings is 2. The van der Waals surface area contributed by atoms with E-state index in [-0.39, 0.29) is 5.78 Å². The molecule has 0 radical (unpaired) electrons. The van der Waals surface area contributed by atoms with E-state index in [1.54, 1.807) is 11.8 Å². The Morgan fingerprint density at radius 1 is 1.05 bits per heavy atom. The van der Waals surface area contributed by atoms with Gasteiger partial charge in [-0.05, 0) is 35.9 Å². The summed E-state index contributed by atoms with van der Waals surface area (Å²) in [6.07, 6.45) is 2.00. The first-order valence-corrected chi connectivity index (χ1v) is 7.88. The molecule has 0 bridgehead atoms. The van der Waals surface area contributed by atoms with E-state index in [9.17, 15) is 4.79 Å². The van der Waals surface area contributed by atoms with Crippen molar-refractivity contribution in [1.29, 1.82) is 0 Å². The molecule has 2 aromatic rings. The fourth-order valence-corrected chi connectivity index (χ4v) is 3.37. The van der Waals surface area contributed by atoms with E-state index < -0.39 is 0 Å². The lowest BCUT2D eigenvalue weighted by Crippen LogP contribution is -2.12. The van der Waals surface area contributed by atoms with Gasteiger partial charge < -0.3 is 4.90 Å². The van der Waals surface area contributed by atoms with Crippen molar-refractivity contribution in [2.24, 2.45) is 0 Å². The number of anilines is 1. The van der Waals surface area contributed by atoms with Crippen LogP contribution in [-0.2, 0) is 0 Å². The largest absolute Gasteiger partial charge is 0.378 e. The molecule has 0 fully saturated rings. The molecule has 0 amide bonds.